The number of rotatable bonds is 3. The second-order valence-corrected chi connectivity index (χ2v) is 5.43. The lowest BCUT2D eigenvalue weighted by Crippen LogP contribution is -2.61. The Morgan fingerprint density at radius 2 is 2.00 bits per heavy atom. The molecule has 0 aromatic carbocycles. The van der Waals surface area contributed by atoms with Crippen LogP contribution in [0.1, 0.15) is 11.3 Å². The van der Waals surface area contributed by atoms with Crippen molar-refractivity contribution in [3.05, 3.63) is 29.6 Å². The Morgan fingerprint density at radius 3 is 2.56 bits per heavy atom. The molecule has 0 aliphatic carbocycles. The highest BCUT2D eigenvalue weighted by molar-refractivity contribution is 5.13. The molecule has 1 aromatic rings. The van der Waals surface area contributed by atoms with Crippen molar-refractivity contribution in [2.45, 2.75) is 19.5 Å². The van der Waals surface area contributed by atoms with Crippen molar-refractivity contribution >= 4 is 0 Å². The van der Waals surface area contributed by atoms with Crippen LogP contribution >= 0.6 is 0 Å². The van der Waals surface area contributed by atoms with Gasteiger partial charge in [0.2, 0.25) is 0 Å². The second kappa shape index (κ2) is 5.34. The highest BCUT2D eigenvalue weighted by Gasteiger charge is 2.27. The van der Waals surface area contributed by atoms with Gasteiger partial charge >= 0.3 is 0 Å². The largest absolute Gasteiger partial charge is 0.314 e. The van der Waals surface area contributed by atoms with Crippen molar-refractivity contribution in [1.29, 1.82) is 0 Å². The molecular weight excluding hydrogens is 224 g/mol. The number of nitrogens with one attached hydrogen (secondary N) is 1. The average molecular weight is 246 g/mol. The fourth-order valence-electron chi connectivity index (χ4n) is 2.67. The van der Waals surface area contributed by atoms with E-state index in [1.54, 1.807) is 0 Å². The van der Waals surface area contributed by atoms with E-state index in [0.29, 0.717) is 0 Å². The lowest BCUT2D eigenvalue weighted by Gasteiger charge is -2.43. The first-order valence-corrected chi connectivity index (χ1v) is 6.90. The molecule has 1 N–H and O–H groups in total. The first-order valence-electron chi connectivity index (χ1n) is 6.90. The Kier molecular flexibility index (Phi) is 3.59. The van der Waals surface area contributed by atoms with Crippen molar-refractivity contribution in [2.75, 3.05) is 39.3 Å². The fraction of sp³-hybridized carbons (Fsp3) is 0.643. The fourth-order valence-corrected chi connectivity index (χ4v) is 2.67. The van der Waals surface area contributed by atoms with Gasteiger partial charge in [-0.3, -0.25) is 14.8 Å². The summed E-state index contributed by atoms with van der Waals surface area (Å²) in [5.74, 6) is 0. The number of piperazine rings is 1. The van der Waals surface area contributed by atoms with E-state index in [9.17, 15) is 0 Å². The molecule has 0 bridgehead atoms. The third-order valence-electron chi connectivity index (χ3n) is 4.06. The monoisotopic (exact) mass is 246 g/mol. The summed E-state index contributed by atoms with van der Waals surface area (Å²) in [4.78, 5) is 9.53. The summed E-state index contributed by atoms with van der Waals surface area (Å²) in [7, 11) is 0. The van der Waals surface area contributed by atoms with Crippen molar-refractivity contribution in [3.63, 3.8) is 0 Å². The third kappa shape index (κ3) is 2.71. The van der Waals surface area contributed by atoms with Gasteiger partial charge in [0.1, 0.15) is 0 Å². The van der Waals surface area contributed by atoms with Gasteiger partial charge in [-0.1, -0.05) is 6.07 Å². The Bertz CT molecular complexity index is 377. The first kappa shape index (κ1) is 12.1. The van der Waals surface area contributed by atoms with E-state index in [4.69, 9.17) is 0 Å². The lowest BCUT2D eigenvalue weighted by atomic mass is 10.1. The predicted octanol–water partition coefficient (Wildman–Crippen LogP) is 0.479. The zero-order valence-corrected chi connectivity index (χ0v) is 11.1. The zero-order valence-electron chi connectivity index (χ0n) is 11.1. The summed E-state index contributed by atoms with van der Waals surface area (Å²) in [6, 6.07) is 5.10. The first-order chi connectivity index (χ1) is 8.81. The van der Waals surface area contributed by atoms with Crippen LogP contribution in [0.5, 0.6) is 0 Å². The normalized spacial score (nSPS) is 22.9. The molecule has 0 spiro atoms. The molecule has 4 heteroatoms. The van der Waals surface area contributed by atoms with Gasteiger partial charge in [0.15, 0.2) is 0 Å². The molecule has 0 unspecified atom stereocenters. The average Bonchev–Trinajstić information content (AvgIpc) is 2.32. The Labute approximate surface area is 109 Å². The third-order valence-corrected chi connectivity index (χ3v) is 4.06. The Hall–Kier alpha value is -0.970. The summed E-state index contributed by atoms with van der Waals surface area (Å²) in [6.07, 6.45) is 2.01. The van der Waals surface area contributed by atoms with Crippen LogP contribution < -0.4 is 5.32 Å². The summed E-state index contributed by atoms with van der Waals surface area (Å²) >= 11 is 0. The van der Waals surface area contributed by atoms with E-state index in [1.165, 1.54) is 44.8 Å². The second-order valence-electron chi connectivity index (χ2n) is 5.43. The standard InChI is InChI=1S/C14H22N4/c1-12-2-3-13(8-16-12)11-17-4-6-18(7-5-17)14-9-15-10-14/h2-3,8,14-15H,4-7,9-11H2,1H3. The summed E-state index contributed by atoms with van der Waals surface area (Å²) in [6.45, 7) is 10.2. The molecule has 4 nitrogen and oxygen atoms in total. The zero-order chi connectivity index (χ0) is 12.4. The van der Waals surface area contributed by atoms with E-state index >= 15 is 0 Å². The smallest absolute Gasteiger partial charge is 0.0372 e. The maximum Gasteiger partial charge on any atom is 0.0372 e. The minimum atomic E-state index is 0.799. The minimum Gasteiger partial charge on any atom is -0.314 e. The van der Waals surface area contributed by atoms with Crippen LogP contribution in [-0.4, -0.2) is 60.1 Å². The molecule has 0 atom stereocenters. The highest BCUT2D eigenvalue weighted by atomic mass is 15.3. The van der Waals surface area contributed by atoms with Gasteiger partial charge in [-0.15, -0.1) is 0 Å². The number of hydrogen-bond acceptors (Lipinski definition) is 4. The van der Waals surface area contributed by atoms with Crippen molar-refractivity contribution in [1.82, 2.24) is 20.1 Å². The van der Waals surface area contributed by atoms with Crippen LogP contribution in [0.3, 0.4) is 0 Å². The Balaban J connectivity index is 1.48. The number of hydrogen-bond donors (Lipinski definition) is 1. The summed E-state index contributed by atoms with van der Waals surface area (Å²) in [5, 5.41) is 3.35. The molecule has 2 saturated heterocycles. The molecule has 2 fully saturated rings. The van der Waals surface area contributed by atoms with Crippen LogP contribution in [0.25, 0.3) is 0 Å². The molecule has 3 heterocycles. The van der Waals surface area contributed by atoms with Crippen LogP contribution in [0.4, 0.5) is 0 Å². The number of pyridine rings is 1. The maximum absolute atomic E-state index is 4.36. The van der Waals surface area contributed by atoms with E-state index in [2.05, 4.69) is 32.2 Å². The number of aromatic nitrogens is 1. The van der Waals surface area contributed by atoms with Crippen molar-refractivity contribution in [3.8, 4) is 0 Å². The minimum absolute atomic E-state index is 0.799. The topological polar surface area (TPSA) is 31.4 Å². The van der Waals surface area contributed by atoms with Gasteiger partial charge < -0.3 is 5.32 Å². The highest BCUT2D eigenvalue weighted by Crippen LogP contribution is 2.12. The molecule has 0 saturated carbocycles. The van der Waals surface area contributed by atoms with Crippen LogP contribution in [0, 0.1) is 6.92 Å². The Morgan fingerprint density at radius 1 is 1.22 bits per heavy atom. The van der Waals surface area contributed by atoms with Gasteiger partial charge in [0, 0.05) is 63.7 Å². The SMILES string of the molecule is Cc1ccc(CN2CCN(C3CNC3)CC2)cn1. The molecule has 2 aliphatic rings. The van der Waals surface area contributed by atoms with E-state index in [0.717, 1.165) is 18.3 Å². The van der Waals surface area contributed by atoms with Crippen LogP contribution in [0.15, 0.2) is 18.3 Å². The van der Waals surface area contributed by atoms with E-state index in [1.807, 2.05) is 13.1 Å². The van der Waals surface area contributed by atoms with Crippen molar-refractivity contribution < 1.29 is 0 Å². The molecule has 0 radical (unpaired) electrons. The molecule has 1 aromatic heterocycles. The van der Waals surface area contributed by atoms with Gasteiger partial charge in [-0.05, 0) is 18.6 Å². The van der Waals surface area contributed by atoms with Gasteiger partial charge in [0.05, 0.1) is 0 Å². The van der Waals surface area contributed by atoms with Crippen LogP contribution in [0.2, 0.25) is 0 Å². The molecule has 0 amide bonds. The quantitative estimate of drug-likeness (QED) is 0.840. The number of aryl methyl sites for hydroxylation is 1. The molecule has 3 rings (SSSR count). The van der Waals surface area contributed by atoms with Crippen molar-refractivity contribution in [2.24, 2.45) is 0 Å². The molecule has 18 heavy (non-hydrogen) atoms. The van der Waals surface area contributed by atoms with E-state index < -0.39 is 0 Å². The van der Waals surface area contributed by atoms with Gasteiger partial charge in [-0.25, -0.2) is 0 Å². The van der Waals surface area contributed by atoms with Gasteiger partial charge in [0.25, 0.3) is 0 Å². The molecular formula is C14H22N4. The summed E-state index contributed by atoms with van der Waals surface area (Å²) in [5.41, 5.74) is 2.43. The van der Waals surface area contributed by atoms with E-state index in [-0.39, 0.29) is 0 Å². The lowest BCUT2D eigenvalue weighted by molar-refractivity contribution is 0.0695. The van der Waals surface area contributed by atoms with Crippen LogP contribution in [-0.2, 0) is 6.54 Å². The predicted molar refractivity (Wildman–Crippen MR) is 72.5 cm³/mol. The van der Waals surface area contributed by atoms with Gasteiger partial charge in [-0.2, -0.15) is 0 Å². The molecule has 98 valence electrons. The number of nitrogens with zero attached hydrogens (tertiary/aromatic N) is 3. The maximum atomic E-state index is 4.36. The summed E-state index contributed by atoms with van der Waals surface area (Å²) < 4.78 is 0. The molecule has 2 aliphatic heterocycles.